The molecule has 21 heavy (non-hydrogen) atoms. The van der Waals surface area contributed by atoms with Crippen LogP contribution in [0.15, 0.2) is 18.2 Å². The van der Waals surface area contributed by atoms with Crippen molar-refractivity contribution >= 4 is 17.4 Å². The second-order valence-electron chi connectivity index (χ2n) is 7.05. The summed E-state index contributed by atoms with van der Waals surface area (Å²) in [7, 11) is 0. The highest BCUT2D eigenvalue weighted by Gasteiger charge is 2.34. The van der Waals surface area contributed by atoms with Crippen molar-refractivity contribution < 1.29 is 4.79 Å². The smallest absolute Gasteiger partial charge is 0.140 e. The van der Waals surface area contributed by atoms with E-state index in [1.54, 1.807) is 0 Å². The van der Waals surface area contributed by atoms with Gasteiger partial charge in [-0.2, -0.15) is 0 Å². The summed E-state index contributed by atoms with van der Waals surface area (Å²) >= 11 is 6.27. The van der Waals surface area contributed by atoms with Crippen LogP contribution in [-0.2, 0) is 11.2 Å². The van der Waals surface area contributed by atoms with Gasteiger partial charge in [0.05, 0.1) is 0 Å². The maximum Gasteiger partial charge on any atom is 0.140 e. The Bertz CT molecular complexity index is 522. The lowest BCUT2D eigenvalue weighted by atomic mass is 9.66. The van der Waals surface area contributed by atoms with Crippen LogP contribution in [0.3, 0.4) is 0 Å². The Balaban J connectivity index is 1.63. The van der Waals surface area contributed by atoms with Crippen molar-refractivity contribution in [1.29, 1.82) is 0 Å². The predicted molar refractivity (Wildman–Crippen MR) is 87.7 cm³/mol. The monoisotopic (exact) mass is 304 g/mol. The van der Waals surface area contributed by atoms with Crippen LogP contribution in [0.25, 0.3) is 0 Å². The number of hydrogen-bond donors (Lipinski definition) is 0. The predicted octanol–water partition coefficient (Wildman–Crippen LogP) is 5.37. The van der Waals surface area contributed by atoms with Crippen LogP contribution < -0.4 is 0 Å². The molecule has 114 valence electrons. The quantitative estimate of drug-likeness (QED) is 0.734. The van der Waals surface area contributed by atoms with E-state index in [0.29, 0.717) is 12.2 Å². The Morgan fingerprint density at radius 2 is 1.90 bits per heavy atom. The van der Waals surface area contributed by atoms with Gasteiger partial charge >= 0.3 is 0 Å². The molecule has 2 fully saturated rings. The molecule has 1 nitrogen and oxygen atoms in total. The molecule has 0 bridgehead atoms. The lowest BCUT2D eigenvalue weighted by molar-refractivity contribution is -0.124. The summed E-state index contributed by atoms with van der Waals surface area (Å²) in [6.45, 7) is 2.03. The van der Waals surface area contributed by atoms with Gasteiger partial charge in [-0.15, -0.1) is 0 Å². The van der Waals surface area contributed by atoms with Gasteiger partial charge < -0.3 is 0 Å². The zero-order valence-corrected chi connectivity index (χ0v) is 13.7. The zero-order valence-electron chi connectivity index (χ0n) is 12.9. The number of Topliss-reactive ketones (excluding diaryl/α,β-unsaturated/α-hetero) is 1. The lowest BCUT2D eigenvalue weighted by Gasteiger charge is -2.38. The largest absolute Gasteiger partial charge is 0.299 e. The van der Waals surface area contributed by atoms with Crippen molar-refractivity contribution in [2.45, 2.75) is 58.3 Å². The molecule has 0 saturated heterocycles. The minimum Gasteiger partial charge on any atom is -0.299 e. The molecule has 3 unspecified atom stereocenters. The second-order valence-corrected chi connectivity index (χ2v) is 7.46. The molecule has 0 amide bonds. The molecule has 0 heterocycles. The molecule has 0 spiro atoms. The van der Waals surface area contributed by atoms with Gasteiger partial charge in [0.1, 0.15) is 5.78 Å². The number of carbonyl (C=O) groups is 1. The first-order valence-electron chi connectivity index (χ1n) is 8.41. The summed E-state index contributed by atoms with van der Waals surface area (Å²) in [5.74, 6) is 2.41. The van der Waals surface area contributed by atoms with E-state index < -0.39 is 0 Å². The van der Waals surface area contributed by atoms with E-state index in [0.717, 1.165) is 40.8 Å². The molecule has 0 aromatic heterocycles. The zero-order chi connectivity index (χ0) is 14.8. The maximum absolute atomic E-state index is 12.6. The number of rotatable bonds is 3. The van der Waals surface area contributed by atoms with Gasteiger partial charge in [-0.05, 0) is 55.2 Å². The summed E-state index contributed by atoms with van der Waals surface area (Å²) in [5, 5.41) is 0.745. The number of aryl methyl sites for hydroxylation is 1. The van der Waals surface area contributed by atoms with Crippen LogP contribution in [0.2, 0.25) is 5.02 Å². The second kappa shape index (κ2) is 6.52. The highest BCUT2D eigenvalue weighted by molar-refractivity contribution is 6.31. The van der Waals surface area contributed by atoms with Crippen LogP contribution in [0.1, 0.15) is 56.1 Å². The van der Waals surface area contributed by atoms with Crippen molar-refractivity contribution in [2.24, 2.45) is 17.8 Å². The molecule has 3 rings (SSSR count). The van der Waals surface area contributed by atoms with E-state index in [1.165, 1.54) is 32.1 Å². The number of halogens is 1. The molecule has 0 N–H and O–H groups in total. The topological polar surface area (TPSA) is 17.1 Å². The molecule has 2 saturated carbocycles. The average Bonchev–Trinajstić information content (AvgIpc) is 2.49. The molecule has 2 heteroatoms. The first-order valence-corrected chi connectivity index (χ1v) is 8.79. The van der Waals surface area contributed by atoms with E-state index in [-0.39, 0.29) is 5.92 Å². The van der Waals surface area contributed by atoms with Gasteiger partial charge in [-0.25, -0.2) is 0 Å². The van der Waals surface area contributed by atoms with Gasteiger partial charge in [0, 0.05) is 17.4 Å². The molecule has 0 aliphatic heterocycles. The fourth-order valence-electron chi connectivity index (χ4n) is 4.29. The highest BCUT2D eigenvalue weighted by Crippen LogP contribution is 2.43. The third-order valence-corrected chi connectivity index (χ3v) is 5.92. The van der Waals surface area contributed by atoms with Gasteiger partial charge in [0.2, 0.25) is 0 Å². The Labute approximate surface area is 133 Å². The molecule has 0 radical (unpaired) electrons. The van der Waals surface area contributed by atoms with Crippen LogP contribution >= 0.6 is 11.6 Å². The summed E-state index contributed by atoms with van der Waals surface area (Å²) in [6, 6.07) is 6.02. The first-order chi connectivity index (χ1) is 10.1. The third-order valence-electron chi connectivity index (χ3n) is 5.57. The number of hydrogen-bond acceptors (Lipinski definition) is 1. The lowest BCUT2D eigenvalue weighted by Crippen LogP contribution is -2.31. The minimum absolute atomic E-state index is 0.279. The van der Waals surface area contributed by atoms with Gasteiger partial charge in [0.25, 0.3) is 0 Å². The van der Waals surface area contributed by atoms with E-state index in [4.69, 9.17) is 11.6 Å². The van der Waals surface area contributed by atoms with Gasteiger partial charge in [-0.1, -0.05) is 49.4 Å². The highest BCUT2D eigenvalue weighted by atomic mass is 35.5. The SMILES string of the molecule is Cc1ccc(CC(=O)C2CCC3CCCCC3C2)c(Cl)c1. The number of ketones is 1. The molecule has 1 aromatic carbocycles. The fraction of sp³-hybridized carbons (Fsp3) is 0.632. The van der Waals surface area contributed by atoms with Crippen LogP contribution in [-0.4, -0.2) is 5.78 Å². The Morgan fingerprint density at radius 3 is 2.67 bits per heavy atom. The molecule has 2 aliphatic carbocycles. The van der Waals surface area contributed by atoms with Gasteiger partial charge in [-0.3, -0.25) is 4.79 Å². The van der Waals surface area contributed by atoms with Crippen molar-refractivity contribution in [3.05, 3.63) is 34.3 Å². The van der Waals surface area contributed by atoms with Crippen LogP contribution in [0.5, 0.6) is 0 Å². The number of benzene rings is 1. The summed E-state index contributed by atoms with van der Waals surface area (Å²) in [6.07, 6.45) is 9.53. The van der Waals surface area contributed by atoms with Crippen molar-refractivity contribution in [2.75, 3.05) is 0 Å². The van der Waals surface area contributed by atoms with E-state index in [9.17, 15) is 4.79 Å². The summed E-state index contributed by atoms with van der Waals surface area (Å²) in [5.41, 5.74) is 2.15. The standard InChI is InChI=1S/C19H25ClO/c1-13-6-7-16(18(20)10-13)12-19(21)17-9-8-14-4-2-3-5-15(14)11-17/h6-7,10,14-15,17H,2-5,8-9,11-12H2,1H3. The number of carbonyl (C=O) groups excluding carboxylic acids is 1. The van der Waals surface area contributed by atoms with Crippen molar-refractivity contribution in [3.63, 3.8) is 0 Å². The Kier molecular flexibility index (Phi) is 4.69. The minimum atomic E-state index is 0.279. The Morgan fingerprint density at radius 1 is 1.14 bits per heavy atom. The van der Waals surface area contributed by atoms with E-state index >= 15 is 0 Å². The molecular formula is C19H25ClO. The van der Waals surface area contributed by atoms with E-state index in [2.05, 4.69) is 0 Å². The van der Waals surface area contributed by atoms with Crippen molar-refractivity contribution in [1.82, 2.24) is 0 Å². The van der Waals surface area contributed by atoms with Gasteiger partial charge in [0.15, 0.2) is 0 Å². The molecule has 2 aliphatic rings. The van der Waals surface area contributed by atoms with Crippen LogP contribution in [0, 0.1) is 24.7 Å². The first kappa shape index (κ1) is 15.1. The summed E-state index contributed by atoms with van der Waals surface area (Å²) < 4.78 is 0. The summed E-state index contributed by atoms with van der Waals surface area (Å²) in [4.78, 5) is 12.6. The molecular weight excluding hydrogens is 280 g/mol. The molecule has 3 atom stereocenters. The van der Waals surface area contributed by atoms with Crippen LogP contribution in [0.4, 0.5) is 0 Å². The molecule has 1 aromatic rings. The van der Waals surface area contributed by atoms with E-state index in [1.807, 2.05) is 25.1 Å². The number of fused-ring (bicyclic) bond motifs is 1. The maximum atomic E-state index is 12.6. The third kappa shape index (κ3) is 3.51. The average molecular weight is 305 g/mol. The normalized spacial score (nSPS) is 29.0. The fourth-order valence-corrected chi connectivity index (χ4v) is 4.60. The Hall–Kier alpha value is -0.820. The van der Waals surface area contributed by atoms with Crippen molar-refractivity contribution in [3.8, 4) is 0 Å².